The van der Waals surface area contributed by atoms with Gasteiger partial charge in [0.15, 0.2) is 0 Å². The largest absolute Gasteiger partial charge is 0.357 e. The Bertz CT molecular complexity index is 474. The van der Waals surface area contributed by atoms with Crippen LogP contribution in [0, 0.1) is 5.82 Å². The molecule has 2 rings (SSSR count). The highest BCUT2D eigenvalue weighted by Gasteiger charge is 2.09. The summed E-state index contributed by atoms with van der Waals surface area (Å²) in [6.45, 7) is 2.88. The molecule has 0 bridgehead atoms. The molecular formula is C12H15FN2. The average molecular weight is 206 g/mol. The van der Waals surface area contributed by atoms with E-state index in [2.05, 4.69) is 17.2 Å². The van der Waals surface area contributed by atoms with E-state index >= 15 is 0 Å². The van der Waals surface area contributed by atoms with Gasteiger partial charge in [-0.25, -0.2) is 4.39 Å². The van der Waals surface area contributed by atoms with Crippen LogP contribution in [0.1, 0.15) is 18.2 Å². The maximum Gasteiger partial charge on any atom is 0.123 e. The zero-order valence-electron chi connectivity index (χ0n) is 9.02. The van der Waals surface area contributed by atoms with Gasteiger partial charge in [0.2, 0.25) is 0 Å². The van der Waals surface area contributed by atoms with E-state index in [4.69, 9.17) is 0 Å². The third-order valence-electron chi connectivity index (χ3n) is 2.66. The van der Waals surface area contributed by atoms with E-state index < -0.39 is 0 Å². The minimum absolute atomic E-state index is 0.174. The summed E-state index contributed by atoms with van der Waals surface area (Å²) in [5.41, 5.74) is 3.37. The molecule has 0 atom stereocenters. The highest BCUT2D eigenvalue weighted by Crippen LogP contribution is 2.23. The van der Waals surface area contributed by atoms with Crippen LogP contribution in [0.5, 0.6) is 0 Å². The second kappa shape index (κ2) is 4.03. The first kappa shape index (κ1) is 10.2. The quantitative estimate of drug-likeness (QED) is 0.793. The molecule has 80 valence electrons. The Morgan fingerprint density at radius 2 is 2.20 bits per heavy atom. The second-order valence-electron chi connectivity index (χ2n) is 3.66. The van der Waals surface area contributed by atoms with Crippen LogP contribution in [-0.4, -0.2) is 12.0 Å². The van der Waals surface area contributed by atoms with Crippen molar-refractivity contribution in [1.29, 1.82) is 0 Å². The molecule has 0 fully saturated rings. The number of aryl methyl sites for hydroxylation is 1. The van der Waals surface area contributed by atoms with Gasteiger partial charge < -0.3 is 10.3 Å². The standard InChI is InChI=1S/C12H15FN2/c1-3-9-10-6-8(13)4-5-11(10)15-12(9)7-14-2/h4-6,14-15H,3,7H2,1-2H3. The number of aromatic amines is 1. The molecule has 0 unspecified atom stereocenters. The van der Waals surface area contributed by atoms with Crippen molar-refractivity contribution in [3.63, 3.8) is 0 Å². The molecule has 0 radical (unpaired) electrons. The Kier molecular flexibility index (Phi) is 2.73. The Balaban J connectivity index is 2.63. The summed E-state index contributed by atoms with van der Waals surface area (Å²) in [5, 5.41) is 4.11. The van der Waals surface area contributed by atoms with Gasteiger partial charge in [-0.1, -0.05) is 6.92 Å². The number of hydrogen-bond donors (Lipinski definition) is 2. The molecular weight excluding hydrogens is 191 g/mol. The number of fused-ring (bicyclic) bond motifs is 1. The summed E-state index contributed by atoms with van der Waals surface area (Å²) in [6, 6.07) is 4.88. The molecule has 0 aliphatic heterocycles. The summed E-state index contributed by atoms with van der Waals surface area (Å²) in [5.74, 6) is -0.174. The van der Waals surface area contributed by atoms with E-state index in [1.165, 1.54) is 11.6 Å². The smallest absolute Gasteiger partial charge is 0.123 e. The van der Waals surface area contributed by atoms with Gasteiger partial charge in [-0.2, -0.15) is 0 Å². The summed E-state index contributed by atoms with van der Waals surface area (Å²) < 4.78 is 13.1. The Hall–Kier alpha value is -1.35. The van der Waals surface area contributed by atoms with Crippen molar-refractivity contribution in [1.82, 2.24) is 10.3 Å². The summed E-state index contributed by atoms with van der Waals surface area (Å²) in [4.78, 5) is 3.31. The molecule has 0 spiro atoms. The fourth-order valence-corrected chi connectivity index (χ4v) is 2.01. The van der Waals surface area contributed by atoms with Gasteiger partial charge in [-0.05, 0) is 37.2 Å². The van der Waals surface area contributed by atoms with Crippen LogP contribution in [0.25, 0.3) is 10.9 Å². The lowest BCUT2D eigenvalue weighted by atomic mass is 10.1. The van der Waals surface area contributed by atoms with Gasteiger partial charge in [0.25, 0.3) is 0 Å². The molecule has 0 amide bonds. The number of benzene rings is 1. The lowest BCUT2D eigenvalue weighted by Crippen LogP contribution is -2.07. The van der Waals surface area contributed by atoms with Crippen molar-refractivity contribution in [2.75, 3.05) is 7.05 Å². The van der Waals surface area contributed by atoms with Crippen LogP contribution < -0.4 is 5.32 Å². The number of hydrogen-bond acceptors (Lipinski definition) is 1. The van der Waals surface area contributed by atoms with Crippen LogP contribution in [0.2, 0.25) is 0 Å². The van der Waals surface area contributed by atoms with Gasteiger partial charge in [-0.3, -0.25) is 0 Å². The van der Waals surface area contributed by atoms with Crippen molar-refractivity contribution < 1.29 is 4.39 Å². The minimum Gasteiger partial charge on any atom is -0.357 e. The average Bonchev–Trinajstić information content (AvgIpc) is 2.55. The maximum absolute atomic E-state index is 13.1. The van der Waals surface area contributed by atoms with E-state index in [-0.39, 0.29) is 5.82 Å². The molecule has 2 nitrogen and oxygen atoms in total. The van der Waals surface area contributed by atoms with E-state index in [0.29, 0.717) is 0 Å². The maximum atomic E-state index is 13.1. The number of nitrogens with one attached hydrogen (secondary N) is 2. The molecule has 2 aromatic rings. The van der Waals surface area contributed by atoms with E-state index in [9.17, 15) is 4.39 Å². The first-order valence-corrected chi connectivity index (χ1v) is 5.19. The molecule has 1 aromatic carbocycles. The molecule has 0 aliphatic rings. The lowest BCUT2D eigenvalue weighted by molar-refractivity contribution is 0.629. The number of halogens is 1. The van der Waals surface area contributed by atoms with E-state index in [1.54, 1.807) is 12.1 Å². The van der Waals surface area contributed by atoms with Gasteiger partial charge >= 0.3 is 0 Å². The van der Waals surface area contributed by atoms with Crippen molar-refractivity contribution in [2.45, 2.75) is 19.9 Å². The molecule has 1 heterocycles. The van der Waals surface area contributed by atoms with Crippen LogP contribution in [-0.2, 0) is 13.0 Å². The van der Waals surface area contributed by atoms with Gasteiger partial charge in [-0.15, -0.1) is 0 Å². The topological polar surface area (TPSA) is 27.8 Å². The number of H-pyrrole nitrogens is 1. The summed E-state index contributed by atoms with van der Waals surface area (Å²) in [7, 11) is 1.91. The Labute approximate surface area is 88.5 Å². The fraction of sp³-hybridized carbons (Fsp3) is 0.333. The van der Waals surface area contributed by atoms with Gasteiger partial charge in [0.05, 0.1) is 0 Å². The summed E-state index contributed by atoms with van der Waals surface area (Å²) >= 11 is 0. The molecule has 2 N–H and O–H groups in total. The van der Waals surface area contributed by atoms with Gasteiger partial charge in [0.1, 0.15) is 5.82 Å². The first-order valence-electron chi connectivity index (χ1n) is 5.19. The van der Waals surface area contributed by atoms with E-state index in [1.807, 2.05) is 7.05 Å². The molecule has 3 heteroatoms. The zero-order valence-corrected chi connectivity index (χ0v) is 9.02. The number of aromatic nitrogens is 1. The zero-order chi connectivity index (χ0) is 10.8. The molecule has 0 saturated carbocycles. The predicted octanol–water partition coefficient (Wildman–Crippen LogP) is 2.59. The van der Waals surface area contributed by atoms with Crippen molar-refractivity contribution >= 4 is 10.9 Å². The third-order valence-corrected chi connectivity index (χ3v) is 2.66. The van der Waals surface area contributed by atoms with Crippen LogP contribution in [0.3, 0.4) is 0 Å². The van der Waals surface area contributed by atoms with Crippen molar-refractivity contribution in [3.05, 3.63) is 35.3 Å². The lowest BCUT2D eigenvalue weighted by Gasteiger charge is -2.00. The minimum atomic E-state index is -0.174. The van der Waals surface area contributed by atoms with Crippen LogP contribution >= 0.6 is 0 Å². The van der Waals surface area contributed by atoms with Crippen LogP contribution in [0.4, 0.5) is 4.39 Å². The van der Waals surface area contributed by atoms with Crippen LogP contribution in [0.15, 0.2) is 18.2 Å². The van der Waals surface area contributed by atoms with Crippen molar-refractivity contribution in [3.8, 4) is 0 Å². The number of rotatable bonds is 3. The molecule has 15 heavy (non-hydrogen) atoms. The Morgan fingerprint density at radius 1 is 1.40 bits per heavy atom. The van der Waals surface area contributed by atoms with Crippen molar-refractivity contribution in [2.24, 2.45) is 0 Å². The highest BCUT2D eigenvalue weighted by atomic mass is 19.1. The Morgan fingerprint density at radius 3 is 2.87 bits per heavy atom. The SMILES string of the molecule is CCc1c(CNC)[nH]c2ccc(F)cc12. The monoisotopic (exact) mass is 206 g/mol. The van der Waals surface area contributed by atoms with Gasteiger partial charge in [0, 0.05) is 23.1 Å². The normalized spacial score (nSPS) is 11.1. The van der Waals surface area contributed by atoms with E-state index in [0.717, 1.165) is 29.6 Å². The second-order valence-corrected chi connectivity index (χ2v) is 3.66. The first-order chi connectivity index (χ1) is 7.26. The third kappa shape index (κ3) is 1.75. The molecule has 1 aromatic heterocycles. The fourth-order valence-electron chi connectivity index (χ4n) is 2.01. The predicted molar refractivity (Wildman–Crippen MR) is 60.4 cm³/mol. The summed E-state index contributed by atoms with van der Waals surface area (Å²) in [6.07, 6.45) is 0.917. The molecule has 0 saturated heterocycles. The highest BCUT2D eigenvalue weighted by molar-refractivity contribution is 5.84. The molecule has 0 aliphatic carbocycles.